The van der Waals surface area contributed by atoms with Crippen molar-refractivity contribution in [3.63, 3.8) is 0 Å². The Morgan fingerprint density at radius 2 is 2.21 bits per heavy atom. The molecule has 112 valence electrons. The highest BCUT2D eigenvalue weighted by Crippen LogP contribution is 2.16. The van der Waals surface area contributed by atoms with Gasteiger partial charge in [-0.2, -0.15) is 0 Å². The fourth-order valence-electron chi connectivity index (χ4n) is 2.15. The smallest absolute Gasteiger partial charge is 0.335 e. The van der Waals surface area contributed by atoms with E-state index in [2.05, 4.69) is 5.32 Å². The number of morpholine rings is 1. The van der Waals surface area contributed by atoms with Gasteiger partial charge in [0.1, 0.15) is 0 Å². The number of nitrogens with one attached hydrogen (secondary N) is 1. The van der Waals surface area contributed by atoms with E-state index in [0.29, 0.717) is 19.6 Å². The van der Waals surface area contributed by atoms with Crippen molar-refractivity contribution >= 4 is 5.97 Å². The van der Waals surface area contributed by atoms with Crippen molar-refractivity contribution in [3.8, 4) is 0 Å². The zero-order valence-electron chi connectivity index (χ0n) is 12.5. The number of carbonyl (C=O) groups excluding carboxylic acids is 1. The van der Waals surface area contributed by atoms with Crippen LogP contribution in [-0.4, -0.2) is 50.1 Å². The lowest BCUT2D eigenvalue weighted by molar-refractivity contribution is -0.165. The number of ether oxygens (including phenoxy) is 3. The molecule has 0 amide bonds. The van der Waals surface area contributed by atoms with Crippen molar-refractivity contribution < 1.29 is 19.0 Å². The molecule has 1 heterocycles. The summed E-state index contributed by atoms with van der Waals surface area (Å²) in [5.74, 6) is -0.271. The SMILES string of the molecule is CCCC(OCC1CNCC(C)(C)O1)C(=O)OCC. The molecule has 5 heteroatoms. The minimum absolute atomic E-state index is 0.0162. The summed E-state index contributed by atoms with van der Waals surface area (Å²) in [6, 6.07) is 0. The standard InChI is InChI=1S/C14H27NO4/c1-5-7-12(13(16)17-6-2)18-9-11-8-15-10-14(3,4)19-11/h11-12,15H,5-10H2,1-4H3. The summed E-state index contributed by atoms with van der Waals surface area (Å²) >= 11 is 0. The normalized spacial score (nSPS) is 23.9. The van der Waals surface area contributed by atoms with Crippen molar-refractivity contribution in [2.24, 2.45) is 0 Å². The van der Waals surface area contributed by atoms with Crippen molar-refractivity contribution in [2.45, 2.75) is 58.3 Å². The number of hydrogen-bond acceptors (Lipinski definition) is 5. The van der Waals surface area contributed by atoms with Gasteiger partial charge in [0.25, 0.3) is 0 Å². The van der Waals surface area contributed by atoms with E-state index in [1.807, 2.05) is 20.8 Å². The van der Waals surface area contributed by atoms with Gasteiger partial charge in [-0.05, 0) is 27.2 Å². The minimum Gasteiger partial charge on any atom is -0.464 e. The third-order valence-corrected chi connectivity index (χ3v) is 2.99. The van der Waals surface area contributed by atoms with Crippen LogP contribution in [0.4, 0.5) is 0 Å². The van der Waals surface area contributed by atoms with Gasteiger partial charge in [-0.1, -0.05) is 13.3 Å². The third-order valence-electron chi connectivity index (χ3n) is 2.99. The lowest BCUT2D eigenvalue weighted by Crippen LogP contribution is -2.52. The Hall–Kier alpha value is -0.650. The molecule has 0 aromatic carbocycles. The monoisotopic (exact) mass is 273 g/mol. The Balaban J connectivity index is 2.40. The Bertz CT molecular complexity index is 281. The van der Waals surface area contributed by atoms with E-state index < -0.39 is 6.10 Å². The number of esters is 1. The van der Waals surface area contributed by atoms with E-state index in [4.69, 9.17) is 14.2 Å². The van der Waals surface area contributed by atoms with Gasteiger partial charge in [0.15, 0.2) is 6.10 Å². The van der Waals surface area contributed by atoms with E-state index in [0.717, 1.165) is 19.5 Å². The average Bonchev–Trinajstić information content (AvgIpc) is 2.33. The van der Waals surface area contributed by atoms with Crippen LogP contribution >= 0.6 is 0 Å². The van der Waals surface area contributed by atoms with E-state index >= 15 is 0 Å². The van der Waals surface area contributed by atoms with Crippen LogP contribution in [0.25, 0.3) is 0 Å². The molecule has 19 heavy (non-hydrogen) atoms. The van der Waals surface area contributed by atoms with Crippen LogP contribution in [0, 0.1) is 0 Å². The first-order chi connectivity index (χ1) is 8.98. The van der Waals surface area contributed by atoms with E-state index in [9.17, 15) is 4.79 Å². The molecule has 1 saturated heterocycles. The maximum Gasteiger partial charge on any atom is 0.335 e. The van der Waals surface area contributed by atoms with Crippen LogP contribution in [0.1, 0.15) is 40.5 Å². The number of rotatable bonds is 7. The molecule has 0 aromatic heterocycles. The minimum atomic E-state index is -0.474. The van der Waals surface area contributed by atoms with Gasteiger partial charge >= 0.3 is 5.97 Å². The summed E-state index contributed by atoms with van der Waals surface area (Å²) in [6.07, 6.45) is 1.08. The molecule has 0 radical (unpaired) electrons. The molecule has 0 saturated carbocycles. The van der Waals surface area contributed by atoms with E-state index in [1.165, 1.54) is 0 Å². The lowest BCUT2D eigenvalue weighted by atomic mass is 10.1. The second kappa shape index (κ2) is 7.82. The number of carbonyl (C=O) groups is 1. The van der Waals surface area contributed by atoms with Crippen molar-refractivity contribution in [2.75, 3.05) is 26.3 Å². The highest BCUT2D eigenvalue weighted by atomic mass is 16.6. The molecule has 5 nitrogen and oxygen atoms in total. The maximum absolute atomic E-state index is 11.7. The fourth-order valence-corrected chi connectivity index (χ4v) is 2.15. The first kappa shape index (κ1) is 16.4. The molecule has 0 aliphatic carbocycles. The summed E-state index contributed by atoms with van der Waals surface area (Å²) in [6.45, 7) is 10.3. The Morgan fingerprint density at radius 1 is 1.47 bits per heavy atom. The zero-order valence-corrected chi connectivity index (χ0v) is 12.5. The van der Waals surface area contributed by atoms with Gasteiger partial charge in [0.05, 0.1) is 24.9 Å². The highest BCUT2D eigenvalue weighted by molar-refractivity contribution is 5.74. The predicted octanol–water partition coefficient (Wildman–Crippen LogP) is 1.50. The van der Waals surface area contributed by atoms with Gasteiger partial charge in [0.2, 0.25) is 0 Å². The van der Waals surface area contributed by atoms with E-state index in [-0.39, 0.29) is 17.7 Å². The highest BCUT2D eigenvalue weighted by Gasteiger charge is 2.29. The van der Waals surface area contributed by atoms with Gasteiger partial charge in [-0.3, -0.25) is 0 Å². The lowest BCUT2D eigenvalue weighted by Gasteiger charge is -2.36. The maximum atomic E-state index is 11.7. The molecule has 2 atom stereocenters. The van der Waals surface area contributed by atoms with Crippen LogP contribution in [-0.2, 0) is 19.0 Å². The summed E-state index contributed by atoms with van der Waals surface area (Å²) < 4.78 is 16.6. The molecule has 0 spiro atoms. The number of hydrogen-bond donors (Lipinski definition) is 1. The van der Waals surface area contributed by atoms with Crippen LogP contribution in [0.2, 0.25) is 0 Å². The molecular formula is C14H27NO4. The fraction of sp³-hybridized carbons (Fsp3) is 0.929. The van der Waals surface area contributed by atoms with Crippen molar-refractivity contribution in [1.29, 1.82) is 0 Å². The van der Waals surface area contributed by atoms with Gasteiger partial charge < -0.3 is 19.5 Å². The molecular weight excluding hydrogens is 246 g/mol. The first-order valence-electron chi connectivity index (χ1n) is 7.15. The summed E-state index contributed by atoms with van der Waals surface area (Å²) in [5.41, 5.74) is -0.184. The van der Waals surface area contributed by atoms with Crippen LogP contribution in [0.15, 0.2) is 0 Å². The molecule has 2 unspecified atom stereocenters. The quantitative estimate of drug-likeness (QED) is 0.712. The Morgan fingerprint density at radius 3 is 2.79 bits per heavy atom. The molecule has 1 aliphatic rings. The molecule has 1 N–H and O–H groups in total. The van der Waals surface area contributed by atoms with E-state index in [1.54, 1.807) is 6.92 Å². The molecule has 0 aromatic rings. The molecule has 1 fully saturated rings. The Labute approximate surface area is 116 Å². The summed E-state index contributed by atoms with van der Waals surface area (Å²) in [4.78, 5) is 11.7. The first-order valence-corrected chi connectivity index (χ1v) is 7.15. The predicted molar refractivity (Wildman–Crippen MR) is 73.1 cm³/mol. The third kappa shape index (κ3) is 5.89. The van der Waals surface area contributed by atoms with Crippen LogP contribution < -0.4 is 5.32 Å². The second-order valence-corrected chi connectivity index (χ2v) is 5.49. The van der Waals surface area contributed by atoms with Crippen molar-refractivity contribution in [1.82, 2.24) is 5.32 Å². The van der Waals surface area contributed by atoms with Crippen molar-refractivity contribution in [3.05, 3.63) is 0 Å². The second-order valence-electron chi connectivity index (χ2n) is 5.49. The summed E-state index contributed by atoms with van der Waals surface area (Å²) in [5, 5.41) is 3.31. The molecule has 1 aliphatic heterocycles. The van der Waals surface area contributed by atoms with Crippen LogP contribution in [0.5, 0.6) is 0 Å². The van der Waals surface area contributed by atoms with Crippen LogP contribution in [0.3, 0.4) is 0 Å². The topological polar surface area (TPSA) is 56.8 Å². The van der Waals surface area contributed by atoms with Gasteiger partial charge in [-0.15, -0.1) is 0 Å². The Kier molecular flexibility index (Phi) is 6.75. The molecule has 1 rings (SSSR count). The average molecular weight is 273 g/mol. The summed E-state index contributed by atoms with van der Waals surface area (Å²) in [7, 11) is 0. The van der Waals surface area contributed by atoms with Gasteiger partial charge in [0, 0.05) is 13.1 Å². The zero-order chi connectivity index (χ0) is 14.3. The molecule has 0 bridgehead atoms. The van der Waals surface area contributed by atoms with Gasteiger partial charge in [-0.25, -0.2) is 4.79 Å². The largest absolute Gasteiger partial charge is 0.464 e.